The van der Waals surface area contributed by atoms with Crippen LogP contribution in [-0.4, -0.2) is 84.8 Å². The Hall–Kier alpha value is -3.18. The van der Waals surface area contributed by atoms with Gasteiger partial charge in [-0.25, -0.2) is 28.7 Å². The first-order valence-corrected chi connectivity index (χ1v) is 15.8. The van der Waals surface area contributed by atoms with Crippen LogP contribution in [0.1, 0.15) is 42.2 Å². The number of nitrogens with zero attached hydrogens (tertiary/aromatic N) is 3. The molecule has 0 radical (unpaired) electrons. The van der Waals surface area contributed by atoms with E-state index in [0.29, 0.717) is 25.2 Å². The molecule has 3 aromatic rings. The number of rotatable bonds is 7. The van der Waals surface area contributed by atoms with Gasteiger partial charge in [0.15, 0.2) is 17.5 Å². The van der Waals surface area contributed by atoms with Crippen molar-refractivity contribution in [2.45, 2.75) is 60.3 Å². The number of hydrogen-bond donors (Lipinski definition) is 5. The largest absolute Gasteiger partial charge is 0.465 e. The lowest BCUT2D eigenvalue weighted by Gasteiger charge is -2.53. The molecule has 3 heterocycles. The van der Waals surface area contributed by atoms with Gasteiger partial charge >= 0.3 is 12.1 Å². The van der Waals surface area contributed by atoms with E-state index >= 15 is 0 Å². The Balaban J connectivity index is 1.57. The van der Waals surface area contributed by atoms with E-state index < -0.39 is 87.0 Å². The summed E-state index contributed by atoms with van der Waals surface area (Å²) in [7, 11) is -1.94. The first-order valence-electron chi connectivity index (χ1n) is 14.1. The monoisotopic (exact) mass is 662 g/mol. The van der Waals surface area contributed by atoms with Gasteiger partial charge in [-0.1, -0.05) is 23.4 Å². The van der Waals surface area contributed by atoms with E-state index in [1.165, 1.54) is 24.4 Å². The van der Waals surface area contributed by atoms with Gasteiger partial charge in [-0.05, 0) is 49.7 Å². The summed E-state index contributed by atoms with van der Waals surface area (Å²) in [6.45, 7) is 1.34. The summed E-state index contributed by atoms with van der Waals surface area (Å²) >= 11 is 0. The molecule has 45 heavy (non-hydrogen) atoms. The topological polar surface area (TPSA) is 130 Å². The Morgan fingerprint density at radius 3 is 2.42 bits per heavy atom. The van der Waals surface area contributed by atoms with Crippen LogP contribution in [-0.2, 0) is 15.7 Å². The summed E-state index contributed by atoms with van der Waals surface area (Å²) < 4.78 is 90.6. The molecular weight excluding hydrogens is 630 g/mol. The fourth-order valence-corrected chi connectivity index (χ4v) is 10.1. The molecule has 9 nitrogen and oxygen atoms in total. The van der Waals surface area contributed by atoms with Crippen LogP contribution in [0.4, 0.5) is 26.3 Å². The molecule has 2 unspecified atom stereocenters. The first-order chi connectivity index (χ1) is 21.2. The standard InChI is InChI=1S/C29H32F6N4O5S/c1-15(40)44-13-23-26(42)25(39-12-21(37-38-39)16-10-19(30)24(32)20(31)11-16)22(41)14-45(23)27(28(43)6-8-36-9-7-28)17-4-2-3-5-18(17)29(33,34)35/h2-5,10-12,22-23,25-27,36,41-43,45H,6-9,13-14H2,1H3/t22-,23+,25-,26-,27?/m0/s1. The van der Waals surface area contributed by atoms with E-state index in [-0.39, 0.29) is 35.4 Å². The molecule has 2 aromatic carbocycles. The summed E-state index contributed by atoms with van der Waals surface area (Å²) in [6.07, 6.45) is -6.43. The van der Waals surface area contributed by atoms with E-state index in [1.54, 1.807) is 0 Å². The molecule has 2 aliphatic rings. The lowest BCUT2D eigenvalue weighted by atomic mass is 9.84. The minimum atomic E-state index is -4.77. The number of benzene rings is 2. The second-order valence-electron chi connectivity index (χ2n) is 11.3. The van der Waals surface area contributed by atoms with Crippen molar-refractivity contribution in [2.24, 2.45) is 0 Å². The number of aliphatic hydroxyl groups is 3. The molecule has 2 aliphatic heterocycles. The van der Waals surface area contributed by atoms with Crippen LogP contribution < -0.4 is 5.32 Å². The molecule has 6 atom stereocenters. The fourth-order valence-electron chi connectivity index (χ4n) is 6.30. The molecule has 5 rings (SSSR count). The van der Waals surface area contributed by atoms with Crippen LogP contribution >= 0.6 is 10.9 Å². The maximum Gasteiger partial charge on any atom is 0.416 e. The number of hydrogen-bond acceptors (Lipinski definition) is 8. The highest BCUT2D eigenvalue weighted by Crippen LogP contribution is 2.60. The highest BCUT2D eigenvalue weighted by molar-refractivity contribution is 8.18. The number of ether oxygens (including phenoxy) is 1. The van der Waals surface area contributed by atoms with Gasteiger partial charge in [0.05, 0.1) is 29.6 Å². The van der Waals surface area contributed by atoms with E-state index in [1.807, 2.05) is 0 Å². The predicted octanol–water partition coefficient (Wildman–Crippen LogP) is 3.45. The van der Waals surface area contributed by atoms with Gasteiger partial charge in [-0.2, -0.15) is 13.2 Å². The van der Waals surface area contributed by atoms with Crippen molar-refractivity contribution in [1.82, 2.24) is 20.3 Å². The second-order valence-corrected chi connectivity index (χ2v) is 13.9. The van der Waals surface area contributed by atoms with E-state index in [0.717, 1.165) is 17.7 Å². The highest BCUT2D eigenvalue weighted by atomic mass is 32.2. The van der Waals surface area contributed by atoms with Crippen molar-refractivity contribution in [3.05, 3.63) is 71.2 Å². The number of thiol groups is 1. The smallest absolute Gasteiger partial charge is 0.416 e. The van der Waals surface area contributed by atoms with Crippen molar-refractivity contribution < 1.29 is 51.2 Å². The normalized spacial score (nSPS) is 26.8. The number of carbonyl (C=O) groups excluding carboxylic acids is 1. The average Bonchev–Trinajstić information content (AvgIpc) is 3.45. The number of alkyl halides is 3. The minimum absolute atomic E-state index is 0.0931. The lowest BCUT2D eigenvalue weighted by molar-refractivity contribution is -0.141. The van der Waals surface area contributed by atoms with Crippen molar-refractivity contribution >= 4 is 16.9 Å². The van der Waals surface area contributed by atoms with Gasteiger partial charge in [0.1, 0.15) is 18.3 Å². The maximum atomic E-state index is 14.3. The van der Waals surface area contributed by atoms with Gasteiger partial charge < -0.3 is 25.4 Å². The van der Waals surface area contributed by atoms with Crippen molar-refractivity contribution in [3.63, 3.8) is 0 Å². The molecule has 0 spiro atoms. The quantitative estimate of drug-likeness (QED) is 0.113. The second kappa shape index (κ2) is 12.9. The Labute approximate surface area is 256 Å². The zero-order chi connectivity index (χ0) is 32.7. The summed E-state index contributed by atoms with van der Waals surface area (Å²) in [5.74, 6) is -5.51. The zero-order valence-electron chi connectivity index (χ0n) is 23.9. The zero-order valence-corrected chi connectivity index (χ0v) is 24.8. The molecule has 2 fully saturated rings. The SMILES string of the molecule is CC(=O)OC[C@@H]1[C@H](O)[C@@H](n2cc(-c3cc(F)c(F)c(F)c3)nn2)[C@@H](O)C[SH]1C(c1ccccc1C(F)(F)F)C1(O)CCNCC1. The predicted molar refractivity (Wildman–Crippen MR) is 152 cm³/mol. The van der Waals surface area contributed by atoms with Gasteiger partial charge in [0, 0.05) is 28.7 Å². The van der Waals surface area contributed by atoms with E-state index in [2.05, 4.69) is 15.6 Å². The minimum Gasteiger partial charge on any atom is -0.465 e. The third-order valence-electron chi connectivity index (χ3n) is 8.39. The molecule has 246 valence electrons. The molecule has 1 aromatic heterocycles. The first kappa shape index (κ1) is 33.2. The molecule has 0 aliphatic carbocycles. The van der Waals surface area contributed by atoms with Crippen LogP contribution in [0.15, 0.2) is 42.6 Å². The molecule has 0 amide bonds. The third-order valence-corrected chi connectivity index (χ3v) is 11.9. The van der Waals surface area contributed by atoms with Crippen molar-refractivity contribution in [2.75, 3.05) is 25.4 Å². The summed E-state index contributed by atoms with van der Waals surface area (Å²) in [4.78, 5) is 11.9. The van der Waals surface area contributed by atoms with Crippen LogP contribution in [0.25, 0.3) is 11.3 Å². The molecule has 0 saturated carbocycles. The number of esters is 1. The number of halogens is 6. The Kier molecular flexibility index (Phi) is 9.52. The molecule has 2 saturated heterocycles. The van der Waals surface area contributed by atoms with Crippen molar-refractivity contribution in [3.8, 4) is 11.3 Å². The molecule has 16 heteroatoms. The highest BCUT2D eigenvalue weighted by Gasteiger charge is 2.53. The summed E-state index contributed by atoms with van der Waals surface area (Å²) in [5, 5.41) is 43.8. The Bertz CT molecular complexity index is 1510. The molecular formula is C29H32F6N4O5S. The van der Waals surface area contributed by atoms with Crippen molar-refractivity contribution in [1.29, 1.82) is 0 Å². The van der Waals surface area contributed by atoms with Gasteiger partial charge in [-0.15, -0.1) is 5.10 Å². The Morgan fingerprint density at radius 2 is 1.80 bits per heavy atom. The van der Waals surface area contributed by atoms with Crippen LogP contribution in [0.5, 0.6) is 0 Å². The molecule has 4 N–H and O–H groups in total. The van der Waals surface area contributed by atoms with Crippen LogP contribution in [0, 0.1) is 17.5 Å². The van der Waals surface area contributed by atoms with Crippen LogP contribution in [0.2, 0.25) is 0 Å². The van der Waals surface area contributed by atoms with E-state index in [4.69, 9.17) is 4.74 Å². The maximum absolute atomic E-state index is 14.3. The number of aliphatic hydroxyl groups excluding tert-OH is 2. The third kappa shape index (κ3) is 6.70. The van der Waals surface area contributed by atoms with Gasteiger partial charge in [0.25, 0.3) is 0 Å². The Morgan fingerprint density at radius 1 is 1.16 bits per heavy atom. The van der Waals surface area contributed by atoms with Crippen LogP contribution in [0.3, 0.4) is 0 Å². The summed E-state index contributed by atoms with van der Waals surface area (Å²) in [6, 6.07) is 4.99. The van der Waals surface area contributed by atoms with Gasteiger partial charge in [-0.3, -0.25) is 4.79 Å². The average molecular weight is 663 g/mol. The summed E-state index contributed by atoms with van der Waals surface area (Å²) in [5.41, 5.74) is -3.09. The van der Waals surface area contributed by atoms with Gasteiger partial charge in [0.2, 0.25) is 0 Å². The number of nitrogens with one attached hydrogen (secondary N) is 1. The number of piperidine rings is 1. The fraction of sp³-hybridized carbons (Fsp3) is 0.483. The number of aromatic nitrogens is 3. The lowest BCUT2D eigenvalue weighted by Crippen LogP contribution is -2.54. The molecule has 0 bridgehead atoms. The van der Waals surface area contributed by atoms with E-state index in [9.17, 15) is 46.5 Å². The number of carbonyl (C=O) groups is 1.